The highest BCUT2D eigenvalue weighted by atomic mass is 16.7. The second kappa shape index (κ2) is 24.1. The van der Waals surface area contributed by atoms with Crippen LogP contribution in [-0.2, 0) is 37.2 Å². The van der Waals surface area contributed by atoms with E-state index in [9.17, 15) is 19.2 Å². The lowest BCUT2D eigenvalue weighted by Crippen LogP contribution is -2.56. The molecule has 18 heteroatoms. The molecule has 2 saturated heterocycles. The number of nitrogen functional groups attached to an aromatic ring is 1. The first-order chi connectivity index (χ1) is 36.5. The largest absolute Gasteiger partial charge is 0.487 e. The summed E-state index contributed by atoms with van der Waals surface area (Å²) in [6.07, 6.45) is 4.84. The third kappa shape index (κ3) is 13.3. The Morgan fingerprint density at radius 3 is 1.76 bits per heavy atom. The van der Waals surface area contributed by atoms with Gasteiger partial charge in [0.15, 0.2) is 0 Å². The molecule has 0 atom stereocenters. The smallest absolute Gasteiger partial charge is 0.273 e. The number of fused-ring (bicyclic) bond motifs is 2. The summed E-state index contributed by atoms with van der Waals surface area (Å²) in [7, 11) is 0. The van der Waals surface area contributed by atoms with Gasteiger partial charge in [0.2, 0.25) is 0 Å². The van der Waals surface area contributed by atoms with Crippen LogP contribution < -0.4 is 27.3 Å². The summed E-state index contributed by atoms with van der Waals surface area (Å²) in [4.78, 5) is 79.9. The summed E-state index contributed by atoms with van der Waals surface area (Å²) in [6, 6.07) is 35.0. The number of carbonyl (C=O) groups excluding carboxylic acids is 4. The number of anilines is 2. The van der Waals surface area contributed by atoms with Gasteiger partial charge in [0.1, 0.15) is 36.7 Å². The van der Waals surface area contributed by atoms with E-state index in [1.54, 1.807) is 70.5 Å². The maximum absolute atomic E-state index is 14.3. The fraction of sp³-hybridized carbons (Fsp3) is 0.298. The summed E-state index contributed by atoms with van der Waals surface area (Å²) < 4.78 is 11.4. The molecule has 0 spiro atoms. The maximum Gasteiger partial charge on any atom is 0.273 e. The number of hydrogen-bond acceptors (Lipinski definition) is 14. The minimum absolute atomic E-state index is 0.0821. The van der Waals surface area contributed by atoms with Crippen LogP contribution in [0.4, 0.5) is 22.7 Å². The molecule has 0 aromatic heterocycles. The van der Waals surface area contributed by atoms with Crippen LogP contribution in [-0.4, -0.2) is 120 Å². The number of morpholine rings is 1. The second-order valence-corrected chi connectivity index (χ2v) is 18.7. The van der Waals surface area contributed by atoms with Gasteiger partial charge in [0.25, 0.3) is 23.6 Å². The third-order valence-corrected chi connectivity index (χ3v) is 13.0. The van der Waals surface area contributed by atoms with Crippen molar-refractivity contribution < 1.29 is 38.3 Å². The van der Waals surface area contributed by atoms with Crippen molar-refractivity contribution in [3.05, 3.63) is 160 Å². The van der Waals surface area contributed by atoms with Crippen LogP contribution in [0.5, 0.6) is 5.75 Å². The van der Waals surface area contributed by atoms with Crippen molar-refractivity contribution in [1.29, 1.82) is 0 Å². The number of nitrogens with two attached hydrogens (primary N) is 3. The molecule has 4 heterocycles. The lowest BCUT2D eigenvalue weighted by atomic mass is 10.0. The highest BCUT2D eigenvalue weighted by molar-refractivity contribution is 6.07. The molecule has 9 rings (SSSR count). The first-order valence-electron chi connectivity index (χ1n) is 25.3. The Balaban J connectivity index is 0.795. The van der Waals surface area contributed by atoms with Gasteiger partial charge in [0.05, 0.1) is 44.2 Å². The van der Waals surface area contributed by atoms with Crippen molar-refractivity contribution in [3.63, 3.8) is 0 Å². The number of nitrogens with one attached hydrogen (secondary N) is 1. The highest BCUT2D eigenvalue weighted by Crippen LogP contribution is 2.32. The summed E-state index contributed by atoms with van der Waals surface area (Å²) in [6.45, 7) is 6.35. The van der Waals surface area contributed by atoms with Crippen LogP contribution in [0.1, 0.15) is 75.6 Å². The molecule has 75 heavy (non-hydrogen) atoms. The molecule has 4 aliphatic rings. The number of hydrogen-bond donors (Lipinski definition) is 4. The van der Waals surface area contributed by atoms with E-state index in [1.165, 1.54) is 10.1 Å². The Hall–Kier alpha value is -8.32. The SMILES string of the molecule is CCCN(OCc1ccc(NCCCN(OCc2ccc(N)cc2)C(=O)C2=Cc3ccc(C(=O)N4CC(Oc5ccccc5)C4)cc3N=C(N)C2)cc1)C(=O)C1=Cc2ccc(C(=O)N3CCOCC3)cc2N=C(N)C1. The Morgan fingerprint density at radius 2 is 1.20 bits per heavy atom. The quantitative estimate of drug-likeness (QED) is 0.0371. The summed E-state index contributed by atoms with van der Waals surface area (Å²) in [5.74, 6) is 0.347. The zero-order valence-electron chi connectivity index (χ0n) is 42.0. The molecule has 0 saturated carbocycles. The van der Waals surface area contributed by atoms with Crippen LogP contribution >= 0.6 is 0 Å². The number of aliphatic imine (C=N–C) groups is 2. The third-order valence-electron chi connectivity index (χ3n) is 13.0. The topological polar surface area (TPSA) is 233 Å². The van der Waals surface area contributed by atoms with Gasteiger partial charge < -0.3 is 41.8 Å². The molecule has 4 amide bonds. The Labute approximate surface area is 436 Å². The van der Waals surface area contributed by atoms with Gasteiger partial charge in [-0.05, 0) is 96.8 Å². The van der Waals surface area contributed by atoms with Crippen molar-refractivity contribution >= 4 is 70.2 Å². The van der Waals surface area contributed by atoms with Gasteiger partial charge in [-0.3, -0.25) is 28.9 Å². The van der Waals surface area contributed by atoms with Crippen LogP contribution in [0.15, 0.2) is 136 Å². The first-order valence-corrected chi connectivity index (χ1v) is 25.3. The van der Waals surface area contributed by atoms with Gasteiger partial charge in [0, 0.05) is 83.8 Å². The van der Waals surface area contributed by atoms with E-state index < -0.39 is 0 Å². The average molecular weight is 1020 g/mol. The zero-order valence-corrected chi connectivity index (χ0v) is 42.0. The van der Waals surface area contributed by atoms with E-state index in [-0.39, 0.29) is 74.0 Å². The average Bonchev–Trinajstić information content (AvgIpc) is 3.70. The van der Waals surface area contributed by atoms with Crippen LogP contribution in [0.2, 0.25) is 0 Å². The lowest BCUT2D eigenvalue weighted by Gasteiger charge is -2.39. The molecule has 388 valence electrons. The van der Waals surface area contributed by atoms with E-state index in [4.69, 9.17) is 36.3 Å². The molecule has 0 radical (unpaired) electrons. The number of likely N-dealkylation sites (tertiary alicyclic amines) is 1. The number of benzene rings is 5. The number of carbonyl (C=O) groups is 4. The molecule has 5 aromatic carbocycles. The molecule has 0 bridgehead atoms. The molecule has 7 N–H and O–H groups in total. The standard InChI is InChI=1S/C57H62N10O8/c1-2-22-66(56(70)44-28-40-13-15-42(30-50(40)62-52(59)32-44)54(68)64-24-26-72-27-25-64)73-37-39-11-19-47(20-12-39)61-21-6-23-67(74-36-38-9-17-46(58)18-10-38)57(71)45-29-41-14-16-43(31-51(41)63-53(60)33-45)55(69)65-34-49(35-65)75-48-7-4-3-5-8-48/h3-5,7-20,28-31,49,61H,2,6,21-27,32-37,58H2,1H3,(H2,59,62)(H2,60,63). The summed E-state index contributed by atoms with van der Waals surface area (Å²) in [5, 5.41) is 6.16. The van der Waals surface area contributed by atoms with Crippen LogP contribution in [0.3, 0.4) is 0 Å². The van der Waals surface area contributed by atoms with Gasteiger partial charge >= 0.3 is 0 Å². The van der Waals surface area contributed by atoms with Gasteiger partial charge in [-0.1, -0.05) is 61.5 Å². The zero-order chi connectivity index (χ0) is 52.3. The Kier molecular flexibility index (Phi) is 16.6. The van der Waals surface area contributed by atoms with Gasteiger partial charge in [-0.15, -0.1) is 0 Å². The highest BCUT2D eigenvalue weighted by Gasteiger charge is 2.33. The van der Waals surface area contributed by atoms with E-state index in [2.05, 4.69) is 15.3 Å². The number of para-hydroxylation sites is 1. The normalized spacial score (nSPS) is 15.3. The molecular weight excluding hydrogens is 953 g/mol. The number of nitrogens with zero attached hydrogens (tertiary/aromatic N) is 6. The molecule has 5 aromatic rings. The fourth-order valence-corrected chi connectivity index (χ4v) is 8.89. The molecule has 0 unspecified atom stereocenters. The van der Waals surface area contributed by atoms with E-state index in [1.807, 2.05) is 73.7 Å². The minimum Gasteiger partial charge on any atom is -0.487 e. The van der Waals surface area contributed by atoms with Crippen molar-refractivity contribution in [3.8, 4) is 5.75 Å². The number of rotatable bonds is 19. The predicted octanol–water partition coefficient (Wildman–Crippen LogP) is 7.03. The molecular formula is C57H62N10O8. The number of amides is 4. The Morgan fingerprint density at radius 1 is 0.667 bits per heavy atom. The second-order valence-electron chi connectivity index (χ2n) is 18.7. The van der Waals surface area contributed by atoms with Crippen LogP contribution in [0, 0.1) is 0 Å². The molecule has 18 nitrogen and oxygen atoms in total. The first kappa shape index (κ1) is 51.6. The lowest BCUT2D eigenvalue weighted by molar-refractivity contribution is -0.187. The molecule has 2 fully saturated rings. The van der Waals surface area contributed by atoms with Crippen molar-refractivity contribution in [2.24, 2.45) is 21.5 Å². The van der Waals surface area contributed by atoms with Crippen molar-refractivity contribution in [2.75, 3.05) is 70.1 Å². The predicted molar refractivity (Wildman–Crippen MR) is 288 cm³/mol. The number of ether oxygens (including phenoxy) is 2. The van der Waals surface area contributed by atoms with E-state index >= 15 is 0 Å². The van der Waals surface area contributed by atoms with E-state index in [0.717, 1.165) is 22.6 Å². The van der Waals surface area contributed by atoms with Crippen LogP contribution in [0.25, 0.3) is 12.2 Å². The van der Waals surface area contributed by atoms with E-state index in [0.29, 0.717) is 116 Å². The molecule has 4 aliphatic heterocycles. The van der Waals surface area contributed by atoms with Gasteiger partial charge in [-0.2, -0.15) is 0 Å². The van der Waals surface area contributed by atoms with Crippen molar-refractivity contribution in [1.82, 2.24) is 19.9 Å². The fourth-order valence-electron chi connectivity index (χ4n) is 8.89. The summed E-state index contributed by atoms with van der Waals surface area (Å²) in [5.41, 5.74) is 26.0. The number of amidine groups is 2. The molecule has 0 aliphatic carbocycles. The monoisotopic (exact) mass is 1010 g/mol. The van der Waals surface area contributed by atoms with Gasteiger partial charge in [-0.25, -0.2) is 20.1 Å². The number of hydroxylamine groups is 4. The summed E-state index contributed by atoms with van der Waals surface area (Å²) >= 11 is 0. The Bertz CT molecular complexity index is 3000. The van der Waals surface area contributed by atoms with Crippen molar-refractivity contribution in [2.45, 2.75) is 51.9 Å². The minimum atomic E-state index is -0.357. The maximum atomic E-state index is 14.3.